The summed E-state index contributed by atoms with van der Waals surface area (Å²) >= 11 is 0. The molecule has 100 valence electrons. The summed E-state index contributed by atoms with van der Waals surface area (Å²) in [4.78, 5) is 11.4. The third-order valence-corrected chi connectivity index (χ3v) is 2.53. The van der Waals surface area contributed by atoms with Gasteiger partial charge in [-0.05, 0) is 24.3 Å². The number of halogens is 3. The molecule has 0 aliphatic heterocycles. The summed E-state index contributed by atoms with van der Waals surface area (Å²) in [6.07, 6.45) is -0.560. The largest absolute Gasteiger partial charge is 0.497 e. The molecule has 0 heterocycles. The molecule has 1 rings (SSSR count). The van der Waals surface area contributed by atoms with E-state index in [0.29, 0.717) is 11.4 Å². The monoisotopic (exact) mass is 260 g/mol. The topological polar surface area (TPSA) is 38.3 Å². The Morgan fingerprint density at radius 3 is 2.33 bits per heavy atom. The normalized spacial score (nSPS) is 12.9. The predicted octanol–water partition coefficient (Wildman–Crippen LogP) is 3.26. The molecule has 0 unspecified atom stereocenters. The first-order chi connectivity index (χ1) is 8.32. The molecule has 0 aliphatic carbocycles. The SMILES string of the molecule is COc1ccc(NC(=O)C[C@@H](C)[B-](F)(F)F)cc1. The van der Waals surface area contributed by atoms with Crippen molar-refractivity contribution in [3.8, 4) is 5.75 Å². The standard InChI is InChI=1S/C11H14BF3NO2/c1-8(12(13,14)15)7-11(17)16-9-3-5-10(18-2)6-4-9/h3-6,8H,7H2,1-2H3,(H,16,17)/q-1/t8-/m1/s1. The third kappa shape index (κ3) is 4.31. The number of carbonyl (C=O) groups excluding carboxylic acids is 1. The Labute approximate surface area is 103 Å². The Balaban J connectivity index is 2.54. The van der Waals surface area contributed by atoms with E-state index >= 15 is 0 Å². The number of nitrogens with one attached hydrogen (secondary N) is 1. The summed E-state index contributed by atoms with van der Waals surface area (Å²) in [6, 6.07) is 6.37. The number of anilines is 1. The highest BCUT2D eigenvalue weighted by Crippen LogP contribution is 2.29. The zero-order valence-corrected chi connectivity index (χ0v) is 10.1. The van der Waals surface area contributed by atoms with E-state index in [0.717, 1.165) is 6.92 Å². The third-order valence-electron chi connectivity index (χ3n) is 2.53. The van der Waals surface area contributed by atoms with Gasteiger partial charge >= 0.3 is 6.98 Å². The van der Waals surface area contributed by atoms with Gasteiger partial charge in [0.25, 0.3) is 0 Å². The molecule has 1 aromatic rings. The van der Waals surface area contributed by atoms with Crippen molar-refractivity contribution >= 4 is 18.6 Å². The lowest BCUT2D eigenvalue weighted by Gasteiger charge is -2.21. The number of methoxy groups -OCH3 is 1. The van der Waals surface area contributed by atoms with Crippen LogP contribution in [0.4, 0.5) is 18.6 Å². The van der Waals surface area contributed by atoms with Gasteiger partial charge in [-0.15, -0.1) is 0 Å². The fourth-order valence-corrected chi connectivity index (χ4v) is 1.31. The van der Waals surface area contributed by atoms with Gasteiger partial charge in [0.1, 0.15) is 5.75 Å². The Morgan fingerprint density at radius 2 is 1.89 bits per heavy atom. The van der Waals surface area contributed by atoms with E-state index in [1.165, 1.54) is 7.11 Å². The zero-order valence-electron chi connectivity index (χ0n) is 10.1. The molecule has 1 N–H and O–H groups in total. The van der Waals surface area contributed by atoms with Crippen LogP contribution in [-0.2, 0) is 4.79 Å². The van der Waals surface area contributed by atoms with Gasteiger partial charge < -0.3 is 23.0 Å². The first-order valence-electron chi connectivity index (χ1n) is 5.47. The molecule has 0 aromatic heterocycles. The fraction of sp³-hybridized carbons (Fsp3) is 0.364. The van der Waals surface area contributed by atoms with Crippen LogP contribution in [0.25, 0.3) is 0 Å². The molecule has 18 heavy (non-hydrogen) atoms. The second-order valence-corrected chi connectivity index (χ2v) is 4.08. The number of benzene rings is 1. The lowest BCUT2D eigenvalue weighted by atomic mass is 9.72. The molecule has 0 aliphatic rings. The molecule has 1 aromatic carbocycles. The van der Waals surface area contributed by atoms with Crippen molar-refractivity contribution in [2.75, 3.05) is 12.4 Å². The zero-order chi connectivity index (χ0) is 13.8. The van der Waals surface area contributed by atoms with Crippen molar-refractivity contribution < 1.29 is 22.5 Å². The summed E-state index contributed by atoms with van der Waals surface area (Å²) in [5.41, 5.74) is 0.447. The maximum Gasteiger partial charge on any atom is 0.481 e. The van der Waals surface area contributed by atoms with E-state index in [-0.39, 0.29) is 0 Å². The van der Waals surface area contributed by atoms with Crippen LogP contribution in [0.15, 0.2) is 24.3 Å². The van der Waals surface area contributed by atoms with Crippen molar-refractivity contribution in [2.24, 2.45) is 0 Å². The summed E-state index contributed by atoms with van der Waals surface area (Å²) in [7, 11) is 1.50. The van der Waals surface area contributed by atoms with Crippen LogP contribution < -0.4 is 10.1 Å². The number of hydrogen-bond donors (Lipinski definition) is 1. The van der Waals surface area contributed by atoms with Crippen LogP contribution >= 0.6 is 0 Å². The summed E-state index contributed by atoms with van der Waals surface area (Å²) in [5, 5.41) is 2.41. The van der Waals surface area contributed by atoms with Crippen LogP contribution in [0.2, 0.25) is 5.82 Å². The molecular weight excluding hydrogens is 246 g/mol. The van der Waals surface area contributed by atoms with Gasteiger partial charge in [-0.25, -0.2) is 0 Å². The van der Waals surface area contributed by atoms with E-state index in [4.69, 9.17) is 4.74 Å². The number of rotatable bonds is 5. The predicted molar refractivity (Wildman–Crippen MR) is 64.7 cm³/mol. The van der Waals surface area contributed by atoms with E-state index in [2.05, 4.69) is 5.32 Å². The van der Waals surface area contributed by atoms with Crippen molar-refractivity contribution in [1.29, 1.82) is 0 Å². The number of hydrogen-bond acceptors (Lipinski definition) is 2. The molecule has 0 bridgehead atoms. The summed E-state index contributed by atoms with van der Waals surface area (Å²) < 4.78 is 41.9. The second kappa shape index (κ2) is 5.79. The Hall–Kier alpha value is -1.66. The molecule has 0 fully saturated rings. The van der Waals surface area contributed by atoms with E-state index < -0.39 is 25.1 Å². The minimum Gasteiger partial charge on any atom is -0.497 e. The van der Waals surface area contributed by atoms with Gasteiger partial charge in [-0.1, -0.05) is 12.7 Å². The van der Waals surface area contributed by atoms with Gasteiger partial charge in [0.05, 0.1) is 7.11 Å². The fourth-order valence-electron chi connectivity index (χ4n) is 1.31. The van der Waals surface area contributed by atoms with E-state index in [1.807, 2.05) is 0 Å². The minimum atomic E-state index is -4.97. The summed E-state index contributed by atoms with van der Waals surface area (Å²) in [6.45, 7) is -3.97. The van der Waals surface area contributed by atoms with Gasteiger partial charge in [0.2, 0.25) is 5.91 Å². The highest BCUT2D eigenvalue weighted by Gasteiger charge is 2.32. The van der Waals surface area contributed by atoms with Gasteiger partial charge in [-0.3, -0.25) is 4.79 Å². The highest BCUT2D eigenvalue weighted by molar-refractivity contribution is 6.60. The molecule has 1 amide bonds. The van der Waals surface area contributed by atoms with E-state index in [9.17, 15) is 17.7 Å². The summed E-state index contributed by atoms with van der Waals surface area (Å²) in [5.74, 6) is -1.63. The molecule has 1 atom stereocenters. The van der Waals surface area contributed by atoms with Gasteiger partial charge in [0, 0.05) is 12.1 Å². The Bertz CT molecular complexity index is 406. The van der Waals surface area contributed by atoms with Crippen molar-refractivity contribution in [3.05, 3.63) is 24.3 Å². The van der Waals surface area contributed by atoms with Crippen LogP contribution in [0.1, 0.15) is 13.3 Å². The number of carbonyl (C=O) groups is 1. The molecule has 0 saturated carbocycles. The van der Waals surface area contributed by atoms with Gasteiger partial charge in [0.15, 0.2) is 0 Å². The number of amides is 1. The Morgan fingerprint density at radius 1 is 1.33 bits per heavy atom. The van der Waals surface area contributed by atoms with E-state index in [1.54, 1.807) is 24.3 Å². The maximum atomic E-state index is 12.3. The molecule has 0 radical (unpaired) electrons. The first-order valence-corrected chi connectivity index (χ1v) is 5.47. The van der Waals surface area contributed by atoms with Crippen LogP contribution in [0, 0.1) is 0 Å². The lowest BCUT2D eigenvalue weighted by molar-refractivity contribution is -0.116. The van der Waals surface area contributed by atoms with Crippen LogP contribution in [-0.4, -0.2) is 20.0 Å². The van der Waals surface area contributed by atoms with Crippen molar-refractivity contribution in [2.45, 2.75) is 19.2 Å². The second-order valence-electron chi connectivity index (χ2n) is 4.08. The Kier molecular flexibility index (Phi) is 4.64. The molecular formula is C11H14BF3NO2-. The van der Waals surface area contributed by atoms with Gasteiger partial charge in [-0.2, -0.15) is 0 Å². The van der Waals surface area contributed by atoms with Crippen LogP contribution in [0.5, 0.6) is 5.75 Å². The highest BCUT2D eigenvalue weighted by atomic mass is 19.4. The minimum absolute atomic E-state index is 0.447. The van der Waals surface area contributed by atoms with Crippen molar-refractivity contribution in [3.63, 3.8) is 0 Å². The smallest absolute Gasteiger partial charge is 0.481 e. The lowest BCUT2D eigenvalue weighted by Crippen LogP contribution is -2.26. The molecule has 7 heteroatoms. The first kappa shape index (κ1) is 14.4. The molecule has 0 saturated heterocycles. The maximum absolute atomic E-state index is 12.3. The average molecular weight is 260 g/mol. The molecule has 3 nitrogen and oxygen atoms in total. The molecule has 0 spiro atoms. The van der Waals surface area contributed by atoms with Crippen molar-refractivity contribution in [1.82, 2.24) is 0 Å². The average Bonchev–Trinajstić information content (AvgIpc) is 2.28. The number of ether oxygens (including phenoxy) is 1. The quantitative estimate of drug-likeness (QED) is 0.825. The van der Waals surface area contributed by atoms with Crippen LogP contribution in [0.3, 0.4) is 0 Å².